The number of hydrogen-bond acceptors (Lipinski definition) is 6. The zero-order chi connectivity index (χ0) is 22.8. The summed E-state index contributed by atoms with van der Waals surface area (Å²) in [4.78, 5) is 39.1. The number of aryl methyl sites for hydroxylation is 1. The molecule has 166 valence electrons. The van der Waals surface area contributed by atoms with E-state index in [9.17, 15) is 14.4 Å². The molecule has 3 heterocycles. The number of rotatable bonds is 6. The van der Waals surface area contributed by atoms with Gasteiger partial charge in [-0.2, -0.15) is 5.10 Å². The number of piperazine rings is 1. The maximum Gasteiger partial charge on any atom is 0.251 e. The Balaban J connectivity index is 1.60. The van der Waals surface area contributed by atoms with Gasteiger partial charge in [0.1, 0.15) is 11.0 Å². The first-order chi connectivity index (χ1) is 15.4. The number of benzene rings is 1. The molecule has 1 atom stereocenters. The second kappa shape index (κ2) is 8.93. The van der Waals surface area contributed by atoms with Gasteiger partial charge in [0.25, 0.3) is 5.91 Å². The molecule has 1 unspecified atom stereocenters. The summed E-state index contributed by atoms with van der Waals surface area (Å²) in [6, 6.07) is 10.6. The fourth-order valence-electron chi connectivity index (χ4n) is 4.02. The lowest BCUT2D eigenvalue weighted by molar-refractivity contribution is -0.130. The van der Waals surface area contributed by atoms with Gasteiger partial charge in [-0.3, -0.25) is 19.3 Å². The Kier molecular flexibility index (Phi) is 6.06. The monoisotopic (exact) mass is 452 g/mol. The number of nitrogens with zero attached hydrogens (tertiary/aromatic N) is 3. The van der Waals surface area contributed by atoms with E-state index in [4.69, 9.17) is 5.73 Å². The van der Waals surface area contributed by atoms with Gasteiger partial charge in [-0.1, -0.05) is 18.2 Å². The van der Waals surface area contributed by atoms with Crippen LogP contribution in [0.25, 0.3) is 5.69 Å². The number of thiophene rings is 1. The summed E-state index contributed by atoms with van der Waals surface area (Å²) in [6.07, 6.45) is 0. The van der Waals surface area contributed by atoms with E-state index in [1.165, 1.54) is 11.3 Å². The summed E-state index contributed by atoms with van der Waals surface area (Å²) in [5, 5.41) is 12.4. The highest BCUT2D eigenvalue weighted by atomic mass is 32.1. The van der Waals surface area contributed by atoms with Gasteiger partial charge in [-0.25, -0.2) is 4.68 Å². The number of amides is 3. The molecule has 4 rings (SSSR count). The van der Waals surface area contributed by atoms with Gasteiger partial charge in [-0.15, -0.1) is 11.3 Å². The summed E-state index contributed by atoms with van der Waals surface area (Å²) >= 11 is 1.23. The van der Waals surface area contributed by atoms with Gasteiger partial charge in [0.15, 0.2) is 0 Å². The highest BCUT2D eigenvalue weighted by molar-refractivity contribution is 7.14. The van der Waals surface area contributed by atoms with Crippen molar-refractivity contribution in [1.82, 2.24) is 20.0 Å². The average Bonchev–Trinajstić information content (AvgIpc) is 3.33. The Morgan fingerprint density at radius 2 is 2.00 bits per heavy atom. The van der Waals surface area contributed by atoms with Crippen molar-refractivity contribution in [2.75, 3.05) is 25.0 Å². The van der Waals surface area contributed by atoms with Crippen molar-refractivity contribution >= 4 is 34.1 Å². The maximum absolute atomic E-state index is 12.9. The molecule has 32 heavy (non-hydrogen) atoms. The molecule has 0 saturated carbocycles. The van der Waals surface area contributed by atoms with Crippen LogP contribution in [-0.4, -0.2) is 52.0 Å². The molecule has 1 fully saturated rings. The van der Waals surface area contributed by atoms with Crippen LogP contribution in [0.5, 0.6) is 0 Å². The van der Waals surface area contributed by atoms with Crippen molar-refractivity contribution in [3.63, 3.8) is 0 Å². The lowest BCUT2D eigenvalue weighted by atomic mass is 10.00. The number of carbonyl (C=O) groups is 3. The minimum Gasteiger partial charge on any atom is -0.366 e. The summed E-state index contributed by atoms with van der Waals surface area (Å²) in [5.41, 5.74) is 8.89. The summed E-state index contributed by atoms with van der Waals surface area (Å²) in [5.74, 6) is -1.09. The molecule has 0 bridgehead atoms. The Labute approximate surface area is 189 Å². The number of hydrogen-bond donors (Lipinski definition) is 3. The van der Waals surface area contributed by atoms with Crippen molar-refractivity contribution in [3.05, 3.63) is 64.3 Å². The number of para-hydroxylation sites is 1. The van der Waals surface area contributed by atoms with E-state index in [1.54, 1.807) is 11.4 Å². The molecule has 1 saturated heterocycles. The Morgan fingerprint density at radius 1 is 1.25 bits per heavy atom. The van der Waals surface area contributed by atoms with Crippen LogP contribution in [0.2, 0.25) is 0 Å². The highest BCUT2D eigenvalue weighted by Crippen LogP contribution is 2.30. The van der Waals surface area contributed by atoms with Crippen molar-refractivity contribution in [2.45, 2.75) is 19.9 Å². The zero-order valence-electron chi connectivity index (χ0n) is 17.8. The Morgan fingerprint density at radius 3 is 2.72 bits per heavy atom. The molecular formula is C22H24N6O3S. The molecule has 9 nitrogen and oxygen atoms in total. The van der Waals surface area contributed by atoms with E-state index >= 15 is 0 Å². The van der Waals surface area contributed by atoms with Gasteiger partial charge in [0.2, 0.25) is 11.8 Å². The molecule has 1 aliphatic heterocycles. The number of nitrogens with one attached hydrogen (secondary N) is 2. The van der Waals surface area contributed by atoms with E-state index in [0.717, 1.165) is 22.6 Å². The second-order valence-corrected chi connectivity index (χ2v) is 8.49. The van der Waals surface area contributed by atoms with Crippen molar-refractivity contribution < 1.29 is 14.4 Å². The average molecular weight is 453 g/mol. The molecule has 0 spiro atoms. The topological polar surface area (TPSA) is 122 Å². The van der Waals surface area contributed by atoms with Crippen molar-refractivity contribution in [2.24, 2.45) is 5.73 Å². The van der Waals surface area contributed by atoms with E-state index in [2.05, 4.69) is 15.7 Å². The number of primary amides is 1. The van der Waals surface area contributed by atoms with Crippen LogP contribution in [0, 0.1) is 13.8 Å². The second-order valence-electron chi connectivity index (χ2n) is 7.57. The largest absolute Gasteiger partial charge is 0.366 e. The lowest BCUT2D eigenvalue weighted by Crippen LogP contribution is -2.52. The minimum atomic E-state index is -0.647. The van der Waals surface area contributed by atoms with E-state index in [1.807, 2.05) is 53.8 Å². The third-order valence-corrected chi connectivity index (χ3v) is 6.29. The molecule has 1 aromatic carbocycles. The molecule has 10 heteroatoms. The molecule has 4 N–H and O–H groups in total. The molecule has 0 aliphatic carbocycles. The van der Waals surface area contributed by atoms with Gasteiger partial charge < -0.3 is 16.4 Å². The molecule has 3 aromatic rings. The third kappa shape index (κ3) is 4.14. The quantitative estimate of drug-likeness (QED) is 0.526. The third-order valence-electron chi connectivity index (χ3n) is 5.46. The Bertz CT molecular complexity index is 1170. The minimum absolute atomic E-state index is 0.0103. The number of anilines is 1. The Hall–Kier alpha value is -3.50. The normalized spacial score (nSPS) is 16.6. The van der Waals surface area contributed by atoms with Crippen LogP contribution < -0.4 is 16.4 Å². The predicted octanol–water partition coefficient (Wildman–Crippen LogP) is 1.76. The van der Waals surface area contributed by atoms with Crippen LogP contribution in [-0.2, 0) is 9.59 Å². The molecule has 1 aliphatic rings. The number of nitrogens with two attached hydrogens (primary N) is 1. The SMILES string of the molecule is Cc1nn(-c2ccccc2)c(C)c1C1C(=O)NCCN1CC(=O)Nc1sccc1C(N)=O. The molecule has 3 amide bonds. The maximum atomic E-state index is 12.9. The van der Waals surface area contributed by atoms with Crippen molar-refractivity contribution in [3.8, 4) is 5.69 Å². The first kappa shape index (κ1) is 21.7. The predicted molar refractivity (Wildman–Crippen MR) is 122 cm³/mol. The fraction of sp³-hybridized carbons (Fsp3) is 0.273. The van der Waals surface area contributed by atoms with Crippen LogP contribution in [0.3, 0.4) is 0 Å². The van der Waals surface area contributed by atoms with Gasteiger partial charge in [0, 0.05) is 24.3 Å². The lowest BCUT2D eigenvalue weighted by Gasteiger charge is -2.34. The smallest absolute Gasteiger partial charge is 0.251 e. The van der Waals surface area contributed by atoms with Crippen LogP contribution in [0.4, 0.5) is 5.00 Å². The van der Waals surface area contributed by atoms with E-state index in [0.29, 0.717) is 18.1 Å². The fourth-order valence-corrected chi connectivity index (χ4v) is 4.83. The van der Waals surface area contributed by atoms with Crippen LogP contribution in [0.15, 0.2) is 41.8 Å². The first-order valence-corrected chi connectivity index (χ1v) is 11.0. The zero-order valence-corrected chi connectivity index (χ0v) is 18.6. The number of aromatic nitrogens is 2. The van der Waals surface area contributed by atoms with Crippen LogP contribution in [0.1, 0.15) is 33.4 Å². The standard InChI is InChI=1S/C22H24N6O3S/c1-13-18(14(2)28(26-13)15-6-4-3-5-7-15)19-21(31)24-9-10-27(19)12-17(29)25-22-16(20(23)30)8-11-32-22/h3-8,11,19H,9-10,12H2,1-2H3,(H2,23,30)(H,24,31)(H,25,29). The number of carbonyl (C=O) groups excluding carboxylic acids is 3. The first-order valence-electron chi connectivity index (χ1n) is 10.2. The van der Waals surface area contributed by atoms with Crippen molar-refractivity contribution in [1.29, 1.82) is 0 Å². The van der Waals surface area contributed by atoms with Gasteiger partial charge in [0.05, 0.1) is 23.5 Å². The molecule has 2 aromatic heterocycles. The molecule has 0 radical (unpaired) electrons. The van der Waals surface area contributed by atoms with E-state index in [-0.39, 0.29) is 23.9 Å². The summed E-state index contributed by atoms with van der Waals surface area (Å²) < 4.78 is 1.82. The summed E-state index contributed by atoms with van der Waals surface area (Å²) in [6.45, 7) is 4.73. The van der Waals surface area contributed by atoms with Gasteiger partial charge in [-0.05, 0) is 37.4 Å². The van der Waals surface area contributed by atoms with E-state index < -0.39 is 11.9 Å². The molecular weight excluding hydrogens is 428 g/mol. The highest BCUT2D eigenvalue weighted by Gasteiger charge is 2.36. The summed E-state index contributed by atoms with van der Waals surface area (Å²) in [7, 11) is 0. The van der Waals surface area contributed by atoms with Crippen LogP contribution >= 0.6 is 11.3 Å². The van der Waals surface area contributed by atoms with Gasteiger partial charge >= 0.3 is 0 Å².